The van der Waals surface area contributed by atoms with Crippen LogP contribution in [-0.2, 0) is 22.3 Å². The summed E-state index contributed by atoms with van der Waals surface area (Å²) in [6.45, 7) is 0. The van der Waals surface area contributed by atoms with Crippen molar-refractivity contribution in [2.24, 2.45) is 0 Å². The molecule has 0 bridgehead atoms. The van der Waals surface area contributed by atoms with Gasteiger partial charge in [0.2, 0.25) is 0 Å². The first-order valence-electron chi connectivity index (χ1n) is 5.58. The Balaban J connectivity index is 2.08. The fourth-order valence-corrected chi connectivity index (χ4v) is 2.99. The van der Waals surface area contributed by atoms with Crippen LogP contribution in [0.25, 0.3) is 0 Å². The molecule has 0 aliphatic rings. The van der Waals surface area contributed by atoms with Crippen LogP contribution < -0.4 is 5.73 Å². The number of halogens is 1. The SMILES string of the molecule is Nc1cccc(F)c1CS(=O)Cc1ccccc1. The lowest BCUT2D eigenvalue weighted by molar-refractivity contribution is 0.616. The third kappa shape index (κ3) is 3.17. The quantitative estimate of drug-likeness (QED) is 0.862. The Labute approximate surface area is 108 Å². The average molecular weight is 263 g/mol. The molecule has 0 aliphatic carbocycles. The summed E-state index contributed by atoms with van der Waals surface area (Å²) in [7, 11) is -1.16. The highest BCUT2D eigenvalue weighted by Gasteiger charge is 2.10. The predicted octanol–water partition coefficient (Wildman–Crippen LogP) is 2.86. The van der Waals surface area contributed by atoms with Gasteiger partial charge in [-0.05, 0) is 17.7 Å². The zero-order valence-corrected chi connectivity index (χ0v) is 10.6. The molecule has 0 saturated heterocycles. The van der Waals surface area contributed by atoms with Crippen molar-refractivity contribution in [2.75, 3.05) is 5.73 Å². The normalized spacial score (nSPS) is 12.3. The molecule has 0 spiro atoms. The van der Waals surface area contributed by atoms with Gasteiger partial charge in [0.25, 0.3) is 0 Å². The lowest BCUT2D eigenvalue weighted by Gasteiger charge is -2.07. The smallest absolute Gasteiger partial charge is 0.129 e. The highest BCUT2D eigenvalue weighted by atomic mass is 32.2. The minimum absolute atomic E-state index is 0.146. The van der Waals surface area contributed by atoms with Gasteiger partial charge in [0.1, 0.15) is 5.82 Å². The highest BCUT2D eigenvalue weighted by Crippen LogP contribution is 2.18. The van der Waals surface area contributed by atoms with E-state index in [0.717, 1.165) is 5.56 Å². The molecule has 1 unspecified atom stereocenters. The van der Waals surface area contributed by atoms with Crippen molar-refractivity contribution in [3.05, 3.63) is 65.5 Å². The molecule has 0 heterocycles. The number of nitrogen functional groups attached to an aromatic ring is 1. The molecule has 4 heteroatoms. The van der Waals surface area contributed by atoms with Gasteiger partial charge >= 0.3 is 0 Å². The Kier molecular flexibility index (Phi) is 4.10. The third-order valence-corrected chi connectivity index (χ3v) is 3.90. The summed E-state index contributed by atoms with van der Waals surface area (Å²) in [4.78, 5) is 0. The second kappa shape index (κ2) is 5.78. The maximum atomic E-state index is 13.5. The van der Waals surface area contributed by atoms with Gasteiger partial charge in [-0.25, -0.2) is 4.39 Å². The van der Waals surface area contributed by atoms with E-state index in [1.165, 1.54) is 6.07 Å². The topological polar surface area (TPSA) is 43.1 Å². The maximum Gasteiger partial charge on any atom is 0.129 e. The Morgan fingerprint density at radius 2 is 1.72 bits per heavy atom. The molecule has 94 valence electrons. The van der Waals surface area contributed by atoms with Gasteiger partial charge in [-0.15, -0.1) is 0 Å². The van der Waals surface area contributed by atoms with Crippen molar-refractivity contribution in [2.45, 2.75) is 11.5 Å². The van der Waals surface area contributed by atoms with Crippen LogP contribution in [0.15, 0.2) is 48.5 Å². The molecule has 2 aromatic carbocycles. The van der Waals surface area contributed by atoms with Crippen LogP contribution in [0.5, 0.6) is 0 Å². The molecule has 0 amide bonds. The van der Waals surface area contributed by atoms with Gasteiger partial charge in [-0.3, -0.25) is 4.21 Å². The van der Waals surface area contributed by atoms with Crippen LogP contribution >= 0.6 is 0 Å². The minimum Gasteiger partial charge on any atom is -0.398 e. The van der Waals surface area contributed by atoms with E-state index in [4.69, 9.17) is 5.73 Å². The fraction of sp³-hybridized carbons (Fsp3) is 0.143. The first-order chi connectivity index (χ1) is 8.66. The first-order valence-corrected chi connectivity index (χ1v) is 7.07. The van der Waals surface area contributed by atoms with Crippen molar-refractivity contribution in [3.63, 3.8) is 0 Å². The van der Waals surface area contributed by atoms with E-state index in [1.54, 1.807) is 12.1 Å². The van der Waals surface area contributed by atoms with Gasteiger partial charge in [-0.2, -0.15) is 0 Å². The Bertz CT molecular complexity index is 537. The molecule has 0 saturated carbocycles. The summed E-state index contributed by atoms with van der Waals surface area (Å²) in [6.07, 6.45) is 0. The number of hydrogen-bond acceptors (Lipinski definition) is 2. The molecule has 2 nitrogen and oxygen atoms in total. The molecule has 2 rings (SSSR count). The van der Waals surface area contributed by atoms with E-state index in [1.807, 2.05) is 30.3 Å². The number of anilines is 1. The van der Waals surface area contributed by atoms with Crippen LogP contribution in [0.1, 0.15) is 11.1 Å². The van der Waals surface area contributed by atoms with E-state index in [-0.39, 0.29) is 5.75 Å². The van der Waals surface area contributed by atoms with Crippen molar-refractivity contribution >= 4 is 16.5 Å². The number of benzene rings is 2. The Morgan fingerprint density at radius 3 is 2.39 bits per heavy atom. The summed E-state index contributed by atoms with van der Waals surface area (Å²) in [5, 5.41) is 0. The largest absolute Gasteiger partial charge is 0.398 e. The zero-order valence-electron chi connectivity index (χ0n) is 9.80. The Hall–Kier alpha value is -1.68. The van der Waals surface area contributed by atoms with Crippen molar-refractivity contribution in [1.29, 1.82) is 0 Å². The van der Waals surface area contributed by atoms with Gasteiger partial charge in [0, 0.05) is 27.8 Å². The average Bonchev–Trinajstić information content (AvgIpc) is 2.35. The maximum absolute atomic E-state index is 13.5. The summed E-state index contributed by atoms with van der Waals surface area (Å²) in [6, 6.07) is 14.0. The number of nitrogens with two attached hydrogens (primary N) is 1. The predicted molar refractivity (Wildman–Crippen MR) is 72.8 cm³/mol. The third-order valence-electron chi connectivity index (χ3n) is 2.63. The van der Waals surface area contributed by atoms with E-state index in [9.17, 15) is 8.60 Å². The molecule has 0 aromatic heterocycles. The van der Waals surface area contributed by atoms with Crippen LogP contribution in [-0.4, -0.2) is 4.21 Å². The monoisotopic (exact) mass is 263 g/mol. The number of hydrogen-bond donors (Lipinski definition) is 1. The molecular formula is C14H14FNOS. The van der Waals surface area contributed by atoms with E-state index >= 15 is 0 Å². The highest BCUT2D eigenvalue weighted by molar-refractivity contribution is 7.83. The van der Waals surface area contributed by atoms with Gasteiger partial charge < -0.3 is 5.73 Å². The van der Waals surface area contributed by atoms with Crippen LogP contribution in [0, 0.1) is 5.82 Å². The molecular weight excluding hydrogens is 249 g/mol. The minimum atomic E-state index is -1.16. The Morgan fingerprint density at radius 1 is 1.00 bits per heavy atom. The molecule has 18 heavy (non-hydrogen) atoms. The first kappa shape index (κ1) is 12.8. The second-order valence-corrected chi connectivity index (χ2v) is 5.48. The molecule has 0 radical (unpaired) electrons. The summed E-state index contributed by atoms with van der Waals surface area (Å²) >= 11 is 0. The summed E-state index contributed by atoms with van der Waals surface area (Å²) in [5.41, 5.74) is 7.36. The lowest BCUT2D eigenvalue weighted by atomic mass is 10.2. The number of rotatable bonds is 4. The zero-order chi connectivity index (χ0) is 13.0. The lowest BCUT2D eigenvalue weighted by Crippen LogP contribution is -2.04. The van der Waals surface area contributed by atoms with Gasteiger partial charge in [-0.1, -0.05) is 36.4 Å². The van der Waals surface area contributed by atoms with Gasteiger partial charge in [0.15, 0.2) is 0 Å². The van der Waals surface area contributed by atoms with Crippen LogP contribution in [0.2, 0.25) is 0 Å². The second-order valence-electron chi connectivity index (χ2n) is 4.02. The van der Waals surface area contributed by atoms with Crippen molar-refractivity contribution < 1.29 is 8.60 Å². The standard InChI is InChI=1S/C14H14FNOS/c15-13-7-4-8-14(16)12(13)10-18(17)9-11-5-2-1-3-6-11/h1-8H,9-10,16H2. The molecule has 0 fully saturated rings. The van der Waals surface area contributed by atoms with E-state index in [2.05, 4.69) is 0 Å². The van der Waals surface area contributed by atoms with E-state index < -0.39 is 16.6 Å². The molecule has 2 aromatic rings. The van der Waals surface area contributed by atoms with Crippen LogP contribution in [0.4, 0.5) is 10.1 Å². The molecule has 2 N–H and O–H groups in total. The fourth-order valence-electron chi connectivity index (χ4n) is 1.70. The summed E-state index contributed by atoms with van der Waals surface area (Å²) < 4.78 is 25.5. The van der Waals surface area contributed by atoms with Crippen LogP contribution in [0.3, 0.4) is 0 Å². The van der Waals surface area contributed by atoms with Gasteiger partial charge in [0.05, 0.1) is 5.75 Å². The molecule has 1 atom stereocenters. The van der Waals surface area contributed by atoms with Crippen molar-refractivity contribution in [1.82, 2.24) is 0 Å². The molecule has 0 aliphatic heterocycles. The van der Waals surface area contributed by atoms with E-state index in [0.29, 0.717) is 17.0 Å². The van der Waals surface area contributed by atoms with Crippen molar-refractivity contribution in [3.8, 4) is 0 Å². The summed E-state index contributed by atoms with van der Waals surface area (Å²) in [5.74, 6) is 0.165.